The lowest BCUT2D eigenvalue weighted by atomic mass is 10.1. The van der Waals surface area contributed by atoms with Crippen LogP contribution in [0.5, 0.6) is 0 Å². The van der Waals surface area contributed by atoms with Gasteiger partial charge < -0.3 is 20.0 Å². The maximum atomic E-state index is 12.6. The van der Waals surface area contributed by atoms with Crippen molar-refractivity contribution in [1.82, 2.24) is 15.5 Å². The third kappa shape index (κ3) is 5.13. The van der Waals surface area contributed by atoms with Crippen molar-refractivity contribution >= 4 is 11.9 Å². The summed E-state index contributed by atoms with van der Waals surface area (Å²) in [6.07, 6.45) is 9.75. The number of hydrogen-bond acceptors (Lipinski definition) is 3. The number of aliphatic imine (C=N–C) groups is 1. The molecule has 0 spiro atoms. The van der Waals surface area contributed by atoms with Crippen LogP contribution in [0, 0.1) is 5.92 Å². The summed E-state index contributed by atoms with van der Waals surface area (Å²) in [6.45, 7) is 6.67. The van der Waals surface area contributed by atoms with Gasteiger partial charge in [-0.15, -0.1) is 6.58 Å². The van der Waals surface area contributed by atoms with Gasteiger partial charge in [0.2, 0.25) is 5.91 Å². The number of likely N-dealkylation sites (tertiary alicyclic amines) is 1. The van der Waals surface area contributed by atoms with Crippen LogP contribution >= 0.6 is 0 Å². The number of carbonyl (C=O) groups excluding carboxylic acids is 1. The third-order valence-corrected chi connectivity index (χ3v) is 5.17. The molecule has 2 heterocycles. The second-order valence-corrected chi connectivity index (χ2v) is 7.12. The summed E-state index contributed by atoms with van der Waals surface area (Å²) in [7, 11) is 0. The van der Waals surface area contributed by atoms with Crippen LogP contribution in [0.1, 0.15) is 37.9 Å². The summed E-state index contributed by atoms with van der Waals surface area (Å²) in [5.41, 5.74) is 0. The Morgan fingerprint density at radius 3 is 2.96 bits per heavy atom. The zero-order chi connectivity index (χ0) is 18.2. The van der Waals surface area contributed by atoms with E-state index in [0.717, 1.165) is 50.5 Å². The molecule has 1 aliphatic heterocycles. The van der Waals surface area contributed by atoms with E-state index in [0.29, 0.717) is 19.0 Å². The standard InChI is InChI=1S/C20H30N4O2/c1-2-11-21-20(22-12-9-18-8-5-14-26-18)23-17-10-13-24(15-17)19(25)16-6-3-4-7-16/h2,5,8,14,16-17H,1,3-4,6-7,9-13,15H2,(H2,21,22,23). The molecule has 2 N–H and O–H groups in total. The molecule has 2 fully saturated rings. The highest BCUT2D eigenvalue weighted by Crippen LogP contribution is 2.27. The maximum Gasteiger partial charge on any atom is 0.225 e. The van der Waals surface area contributed by atoms with E-state index in [9.17, 15) is 4.79 Å². The molecular weight excluding hydrogens is 328 g/mol. The first-order valence-electron chi connectivity index (χ1n) is 9.73. The van der Waals surface area contributed by atoms with Gasteiger partial charge in [0.25, 0.3) is 0 Å². The molecule has 6 nitrogen and oxygen atoms in total. The van der Waals surface area contributed by atoms with E-state index in [1.54, 1.807) is 6.26 Å². The second kappa shape index (κ2) is 9.46. The quantitative estimate of drug-likeness (QED) is 0.446. The fourth-order valence-electron chi connectivity index (χ4n) is 3.76. The molecule has 0 bridgehead atoms. The van der Waals surface area contributed by atoms with Crippen LogP contribution < -0.4 is 10.6 Å². The Labute approximate surface area is 155 Å². The van der Waals surface area contributed by atoms with Crippen LogP contribution in [0.2, 0.25) is 0 Å². The monoisotopic (exact) mass is 358 g/mol. The van der Waals surface area contributed by atoms with E-state index in [2.05, 4.69) is 22.2 Å². The third-order valence-electron chi connectivity index (χ3n) is 5.17. The first kappa shape index (κ1) is 18.5. The molecule has 1 saturated heterocycles. The summed E-state index contributed by atoms with van der Waals surface area (Å²) in [5.74, 6) is 2.32. The zero-order valence-electron chi connectivity index (χ0n) is 15.5. The second-order valence-electron chi connectivity index (χ2n) is 7.12. The van der Waals surface area contributed by atoms with Crippen LogP contribution in [0.15, 0.2) is 40.5 Å². The van der Waals surface area contributed by atoms with E-state index < -0.39 is 0 Å². The lowest BCUT2D eigenvalue weighted by molar-refractivity contribution is -0.134. The summed E-state index contributed by atoms with van der Waals surface area (Å²) < 4.78 is 5.35. The Morgan fingerprint density at radius 1 is 1.38 bits per heavy atom. The number of rotatable bonds is 7. The van der Waals surface area contributed by atoms with Crippen LogP contribution in [-0.2, 0) is 11.2 Å². The van der Waals surface area contributed by atoms with Gasteiger partial charge in [-0.1, -0.05) is 18.9 Å². The highest BCUT2D eigenvalue weighted by Gasteiger charge is 2.32. The zero-order valence-corrected chi connectivity index (χ0v) is 15.5. The topological polar surface area (TPSA) is 69.9 Å². The van der Waals surface area contributed by atoms with Gasteiger partial charge in [0, 0.05) is 44.6 Å². The van der Waals surface area contributed by atoms with Gasteiger partial charge in [0.05, 0.1) is 6.26 Å². The summed E-state index contributed by atoms with van der Waals surface area (Å²) in [4.78, 5) is 19.2. The lowest BCUT2D eigenvalue weighted by Crippen LogP contribution is -2.45. The fraction of sp³-hybridized carbons (Fsp3) is 0.600. The van der Waals surface area contributed by atoms with E-state index in [-0.39, 0.29) is 12.0 Å². The number of hydrogen-bond donors (Lipinski definition) is 2. The Hall–Kier alpha value is -2.24. The molecule has 0 aromatic carbocycles. The first-order chi connectivity index (χ1) is 12.8. The minimum atomic E-state index is 0.250. The molecule has 1 unspecified atom stereocenters. The van der Waals surface area contributed by atoms with Gasteiger partial charge in [0.1, 0.15) is 5.76 Å². The van der Waals surface area contributed by atoms with Gasteiger partial charge in [0.15, 0.2) is 5.96 Å². The van der Waals surface area contributed by atoms with Gasteiger partial charge in [-0.3, -0.25) is 9.79 Å². The number of nitrogens with zero attached hydrogens (tertiary/aromatic N) is 2. The molecule has 1 saturated carbocycles. The maximum absolute atomic E-state index is 12.6. The predicted molar refractivity (Wildman–Crippen MR) is 103 cm³/mol. The molecule has 1 aromatic rings. The van der Waals surface area contributed by atoms with E-state index >= 15 is 0 Å². The SMILES string of the molecule is C=CCNC(=NCCc1ccco1)NC1CCN(C(=O)C2CCCC2)C1. The van der Waals surface area contributed by atoms with Crippen molar-refractivity contribution in [2.75, 3.05) is 26.2 Å². The number of amides is 1. The van der Waals surface area contributed by atoms with Crippen molar-refractivity contribution in [1.29, 1.82) is 0 Å². The molecule has 0 radical (unpaired) electrons. The molecule has 1 amide bonds. The Kier molecular flexibility index (Phi) is 6.75. The average Bonchev–Trinajstić information content (AvgIpc) is 3.41. The molecular formula is C20H30N4O2. The Morgan fingerprint density at radius 2 is 2.23 bits per heavy atom. The molecule has 1 aromatic heterocycles. The first-order valence-corrected chi connectivity index (χ1v) is 9.73. The fourth-order valence-corrected chi connectivity index (χ4v) is 3.76. The van der Waals surface area contributed by atoms with Crippen molar-refractivity contribution in [3.8, 4) is 0 Å². The summed E-state index contributed by atoms with van der Waals surface area (Å²) in [6, 6.07) is 4.10. The minimum absolute atomic E-state index is 0.250. The average molecular weight is 358 g/mol. The normalized spacial score (nSPS) is 21.2. The minimum Gasteiger partial charge on any atom is -0.469 e. The van der Waals surface area contributed by atoms with Crippen molar-refractivity contribution in [2.24, 2.45) is 10.9 Å². The molecule has 6 heteroatoms. The highest BCUT2D eigenvalue weighted by atomic mass is 16.3. The van der Waals surface area contributed by atoms with Crippen LogP contribution in [0.25, 0.3) is 0 Å². The lowest BCUT2D eigenvalue weighted by Gasteiger charge is -2.21. The van der Waals surface area contributed by atoms with Crippen molar-refractivity contribution in [2.45, 2.75) is 44.6 Å². The highest BCUT2D eigenvalue weighted by molar-refractivity contribution is 5.81. The van der Waals surface area contributed by atoms with Gasteiger partial charge in [-0.05, 0) is 31.4 Å². The van der Waals surface area contributed by atoms with Crippen LogP contribution in [0.3, 0.4) is 0 Å². The van der Waals surface area contributed by atoms with Gasteiger partial charge in [-0.2, -0.15) is 0 Å². The molecule has 3 rings (SSSR count). The van der Waals surface area contributed by atoms with E-state index in [4.69, 9.17) is 4.42 Å². The number of carbonyl (C=O) groups is 1. The molecule has 142 valence electrons. The van der Waals surface area contributed by atoms with E-state index in [1.807, 2.05) is 23.1 Å². The number of nitrogens with one attached hydrogen (secondary N) is 2. The smallest absolute Gasteiger partial charge is 0.225 e. The number of guanidine groups is 1. The van der Waals surface area contributed by atoms with E-state index in [1.165, 1.54) is 12.8 Å². The van der Waals surface area contributed by atoms with Crippen molar-refractivity contribution < 1.29 is 9.21 Å². The molecule has 2 aliphatic rings. The van der Waals surface area contributed by atoms with Crippen molar-refractivity contribution in [3.05, 3.63) is 36.8 Å². The molecule has 1 atom stereocenters. The molecule has 1 aliphatic carbocycles. The summed E-state index contributed by atoms with van der Waals surface area (Å²) >= 11 is 0. The Balaban J connectivity index is 1.49. The summed E-state index contributed by atoms with van der Waals surface area (Å²) in [5, 5.41) is 6.74. The predicted octanol–water partition coefficient (Wildman–Crippen LogP) is 2.33. The largest absolute Gasteiger partial charge is 0.469 e. The van der Waals surface area contributed by atoms with Gasteiger partial charge >= 0.3 is 0 Å². The van der Waals surface area contributed by atoms with Crippen LogP contribution in [0.4, 0.5) is 0 Å². The van der Waals surface area contributed by atoms with Crippen molar-refractivity contribution in [3.63, 3.8) is 0 Å². The van der Waals surface area contributed by atoms with Gasteiger partial charge in [-0.25, -0.2) is 0 Å². The number of furan rings is 1. The molecule has 26 heavy (non-hydrogen) atoms. The van der Waals surface area contributed by atoms with Crippen LogP contribution in [-0.4, -0.2) is 49.0 Å². The Bertz CT molecular complexity index is 605.